The summed E-state index contributed by atoms with van der Waals surface area (Å²) in [5.74, 6) is -1.53. The SMILES string of the molecule is CC(C)[C@@H](C(=O)O)N1CCC2(CN(C(=O)CCl)C2)C1=O. The third-order valence-electron chi connectivity index (χ3n) is 4.22. The summed E-state index contributed by atoms with van der Waals surface area (Å²) in [4.78, 5) is 38.3. The van der Waals surface area contributed by atoms with Crippen LogP contribution in [-0.4, -0.2) is 64.2 Å². The van der Waals surface area contributed by atoms with E-state index < -0.39 is 17.4 Å². The predicted molar refractivity (Wildman–Crippen MR) is 72.3 cm³/mol. The molecule has 0 unspecified atom stereocenters. The molecule has 1 atom stereocenters. The second-order valence-electron chi connectivity index (χ2n) is 5.94. The summed E-state index contributed by atoms with van der Waals surface area (Å²) in [7, 11) is 0. The predicted octanol–water partition coefficient (Wildman–Crippen LogP) is 0.395. The summed E-state index contributed by atoms with van der Waals surface area (Å²) in [5.41, 5.74) is -0.579. The van der Waals surface area contributed by atoms with Gasteiger partial charge in [0.05, 0.1) is 5.41 Å². The quantitative estimate of drug-likeness (QED) is 0.762. The highest BCUT2D eigenvalue weighted by atomic mass is 35.5. The van der Waals surface area contributed by atoms with Crippen LogP contribution in [-0.2, 0) is 14.4 Å². The average molecular weight is 303 g/mol. The Bertz CT molecular complexity index is 446. The normalized spacial score (nSPS) is 22.3. The van der Waals surface area contributed by atoms with Gasteiger partial charge in [-0.1, -0.05) is 13.8 Å². The summed E-state index contributed by atoms with van der Waals surface area (Å²) in [6.45, 7) is 4.75. The van der Waals surface area contributed by atoms with E-state index in [0.717, 1.165) is 0 Å². The van der Waals surface area contributed by atoms with E-state index in [1.165, 1.54) is 4.90 Å². The standard InChI is InChI=1S/C13H19ClN2O4/c1-8(2)10(11(18)19)16-4-3-13(12(16)20)6-15(7-13)9(17)5-14/h8,10H,3-7H2,1-2H3,(H,18,19)/t10-/m0/s1. The zero-order valence-corrected chi connectivity index (χ0v) is 12.4. The minimum Gasteiger partial charge on any atom is -0.480 e. The fourth-order valence-corrected chi connectivity index (χ4v) is 3.30. The minimum absolute atomic E-state index is 0.0856. The van der Waals surface area contributed by atoms with Crippen molar-refractivity contribution in [1.29, 1.82) is 0 Å². The lowest BCUT2D eigenvalue weighted by Crippen LogP contribution is -2.63. The highest BCUT2D eigenvalue weighted by molar-refractivity contribution is 6.27. The van der Waals surface area contributed by atoms with Gasteiger partial charge in [0.2, 0.25) is 11.8 Å². The van der Waals surface area contributed by atoms with E-state index in [0.29, 0.717) is 26.1 Å². The number of hydrogen-bond acceptors (Lipinski definition) is 3. The maximum atomic E-state index is 12.5. The number of carboxylic acid groups (broad SMARTS) is 1. The Morgan fingerprint density at radius 1 is 1.40 bits per heavy atom. The van der Waals surface area contributed by atoms with Gasteiger partial charge in [-0.25, -0.2) is 4.79 Å². The van der Waals surface area contributed by atoms with Crippen molar-refractivity contribution in [2.75, 3.05) is 25.5 Å². The average Bonchev–Trinajstić information content (AvgIpc) is 2.64. The fraction of sp³-hybridized carbons (Fsp3) is 0.769. The molecule has 6 nitrogen and oxygen atoms in total. The molecule has 0 saturated carbocycles. The van der Waals surface area contributed by atoms with Crippen LogP contribution in [0.4, 0.5) is 0 Å². The molecule has 0 radical (unpaired) electrons. The molecule has 2 aliphatic rings. The van der Waals surface area contributed by atoms with Gasteiger partial charge in [-0.15, -0.1) is 11.6 Å². The van der Waals surface area contributed by atoms with Crippen molar-refractivity contribution in [1.82, 2.24) is 9.80 Å². The molecule has 2 heterocycles. The molecule has 0 aliphatic carbocycles. The number of carbonyl (C=O) groups excluding carboxylic acids is 2. The van der Waals surface area contributed by atoms with Crippen molar-refractivity contribution >= 4 is 29.4 Å². The molecule has 0 bridgehead atoms. The van der Waals surface area contributed by atoms with Crippen LogP contribution in [0.5, 0.6) is 0 Å². The smallest absolute Gasteiger partial charge is 0.326 e. The summed E-state index contributed by atoms with van der Waals surface area (Å²) < 4.78 is 0. The first-order chi connectivity index (χ1) is 9.32. The summed E-state index contributed by atoms with van der Waals surface area (Å²) in [5, 5.41) is 9.29. The third-order valence-corrected chi connectivity index (χ3v) is 4.45. The molecule has 112 valence electrons. The van der Waals surface area contributed by atoms with E-state index in [4.69, 9.17) is 11.6 Å². The Morgan fingerprint density at radius 2 is 2.00 bits per heavy atom. The largest absolute Gasteiger partial charge is 0.480 e. The zero-order valence-electron chi connectivity index (χ0n) is 11.6. The number of aliphatic carboxylic acids is 1. The second-order valence-corrected chi connectivity index (χ2v) is 6.21. The van der Waals surface area contributed by atoms with Crippen LogP contribution in [0.3, 0.4) is 0 Å². The molecule has 0 aromatic rings. The Labute approximate surface area is 122 Å². The van der Waals surface area contributed by atoms with Crippen LogP contribution < -0.4 is 0 Å². The number of likely N-dealkylation sites (tertiary alicyclic amines) is 2. The lowest BCUT2D eigenvalue weighted by Gasteiger charge is -2.46. The number of amides is 2. The van der Waals surface area contributed by atoms with E-state index in [2.05, 4.69) is 0 Å². The number of carboxylic acids is 1. The summed E-state index contributed by atoms with van der Waals surface area (Å²) in [6.07, 6.45) is 0.606. The van der Waals surface area contributed by atoms with Crippen molar-refractivity contribution in [3.63, 3.8) is 0 Å². The molecule has 7 heteroatoms. The number of hydrogen-bond donors (Lipinski definition) is 1. The van der Waals surface area contributed by atoms with Gasteiger partial charge in [-0.05, 0) is 12.3 Å². The van der Waals surface area contributed by atoms with Gasteiger partial charge in [0, 0.05) is 19.6 Å². The summed E-state index contributed by atoms with van der Waals surface area (Å²) >= 11 is 5.49. The Kier molecular flexibility index (Phi) is 3.95. The van der Waals surface area contributed by atoms with Crippen molar-refractivity contribution in [3.8, 4) is 0 Å². The first-order valence-corrected chi connectivity index (χ1v) is 7.23. The minimum atomic E-state index is -0.974. The number of rotatable bonds is 4. The monoisotopic (exact) mass is 302 g/mol. The Hall–Kier alpha value is -1.30. The van der Waals surface area contributed by atoms with Gasteiger partial charge in [-0.2, -0.15) is 0 Å². The van der Waals surface area contributed by atoms with Gasteiger partial charge in [0.25, 0.3) is 0 Å². The molecule has 2 fully saturated rings. The molecular formula is C13H19ClN2O4. The molecule has 2 rings (SSSR count). The van der Waals surface area contributed by atoms with E-state index in [9.17, 15) is 19.5 Å². The molecule has 2 saturated heterocycles. The lowest BCUT2D eigenvalue weighted by atomic mass is 9.78. The van der Waals surface area contributed by atoms with Gasteiger partial charge < -0.3 is 14.9 Å². The number of nitrogens with zero attached hydrogens (tertiary/aromatic N) is 2. The molecule has 20 heavy (non-hydrogen) atoms. The van der Waals surface area contributed by atoms with E-state index in [1.54, 1.807) is 18.7 Å². The maximum Gasteiger partial charge on any atom is 0.326 e. The Balaban J connectivity index is 2.08. The zero-order chi connectivity index (χ0) is 15.1. The van der Waals surface area contributed by atoms with Crippen LogP contribution in [0.1, 0.15) is 20.3 Å². The van der Waals surface area contributed by atoms with Crippen molar-refractivity contribution < 1.29 is 19.5 Å². The third kappa shape index (κ3) is 2.26. The van der Waals surface area contributed by atoms with Crippen LogP contribution >= 0.6 is 11.6 Å². The molecule has 2 aliphatic heterocycles. The van der Waals surface area contributed by atoms with Crippen LogP contribution in [0, 0.1) is 11.3 Å². The summed E-state index contributed by atoms with van der Waals surface area (Å²) in [6, 6.07) is -0.792. The first kappa shape index (κ1) is 15.1. The molecule has 0 aromatic heterocycles. The number of halogens is 1. The molecule has 2 amide bonds. The van der Waals surface area contributed by atoms with Crippen molar-refractivity contribution in [2.24, 2.45) is 11.3 Å². The van der Waals surface area contributed by atoms with E-state index >= 15 is 0 Å². The first-order valence-electron chi connectivity index (χ1n) is 6.70. The van der Waals surface area contributed by atoms with Gasteiger partial charge in [0.1, 0.15) is 11.9 Å². The maximum absolute atomic E-state index is 12.5. The molecular weight excluding hydrogens is 284 g/mol. The number of carbonyl (C=O) groups is 3. The van der Waals surface area contributed by atoms with Crippen LogP contribution in [0.15, 0.2) is 0 Å². The molecule has 1 N–H and O–H groups in total. The van der Waals surface area contributed by atoms with E-state index in [1.807, 2.05) is 0 Å². The van der Waals surface area contributed by atoms with Crippen LogP contribution in [0.25, 0.3) is 0 Å². The van der Waals surface area contributed by atoms with Crippen molar-refractivity contribution in [3.05, 3.63) is 0 Å². The topological polar surface area (TPSA) is 77.9 Å². The highest BCUT2D eigenvalue weighted by Crippen LogP contribution is 2.42. The van der Waals surface area contributed by atoms with Gasteiger partial charge >= 0.3 is 5.97 Å². The number of alkyl halides is 1. The van der Waals surface area contributed by atoms with Crippen molar-refractivity contribution in [2.45, 2.75) is 26.3 Å². The molecule has 1 spiro atoms. The van der Waals surface area contributed by atoms with Gasteiger partial charge in [-0.3, -0.25) is 9.59 Å². The fourth-order valence-electron chi connectivity index (χ4n) is 3.13. The Morgan fingerprint density at radius 3 is 2.45 bits per heavy atom. The van der Waals surface area contributed by atoms with Gasteiger partial charge in [0.15, 0.2) is 0 Å². The van der Waals surface area contributed by atoms with Crippen LogP contribution in [0.2, 0.25) is 0 Å². The highest BCUT2D eigenvalue weighted by Gasteiger charge is 2.57. The van der Waals surface area contributed by atoms with E-state index in [-0.39, 0.29) is 23.6 Å². The lowest BCUT2D eigenvalue weighted by molar-refractivity contribution is -0.159. The molecule has 0 aromatic carbocycles. The second kappa shape index (κ2) is 5.24.